The minimum Gasteiger partial charge on any atom is -0.496 e. The Hall–Kier alpha value is -4.05. The monoisotopic (exact) mass is 617 g/mol. The number of carbonyl (C=O) groups is 2. The zero-order valence-corrected chi connectivity index (χ0v) is 26.0. The van der Waals surface area contributed by atoms with Crippen molar-refractivity contribution in [3.8, 4) is 5.75 Å². The average Bonchev–Trinajstić information content (AvgIpc) is 3.30. The van der Waals surface area contributed by atoms with Crippen LogP contribution in [0.2, 0.25) is 0 Å². The first-order valence-electron chi connectivity index (χ1n) is 15.9. The van der Waals surface area contributed by atoms with Gasteiger partial charge in [0, 0.05) is 41.0 Å². The van der Waals surface area contributed by atoms with Gasteiger partial charge in [0.25, 0.3) is 11.8 Å². The zero-order valence-electron chi connectivity index (χ0n) is 26.0. The van der Waals surface area contributed by atoms with E-state index in [1.165, 1.54) is 18.3 Å². The molecule has 4 atom stereocenters. The molecule has 2 aromatic carbocycles. The molecule has 3 aromatic rings. The Morgan fingerprint density at radius 2 is 1.69 bits per heavy atom. The average molecular weight is 618 g/mol. The Morgan fingerprint density at radius 3 is 2.31 bits per heavy atom. The molecule has 3 aliphatic heterocycles. The molecule has 3 fully saturated rings. The van der Waals surface area contributed by atoms with E-state index in [1.54, 1.807) is 20.1 Å². The highest BCUT2D eigenvalue weighted by atomic mass is 19.1. The van der Waals surface area contributed by atoms with Crippen molar-refractivity contribution in [3.05, 3.63) is 88.1 Å². The molecule has 0 spiro atoms. The van der Waals surface area contributed by atoms with Gasteiger partial charge in [-0.3, -0.25) is 9.59 Å². The topological polar surface area (TPSA) is 95.6 Å². The summed E-state index contributed by atoms with van der Waals surface area (Å²) in [7, 11) is 1.60. The highest BCUT2D eigenvalue weighted by Crippen LogP contribution is 2.39. The fourth-order valence-corrected chi connectivity index (χ4v) is 7.45. The molecule has 0 radical (unpaired) electrons. The lowest BCUT2D eigenvalue weighted by Gasteiger charge is -2.40. The normalized spacial score (nSPS) is 22.2. The van der Waals surface area contributed by atoms with Gasteiger partial charge in [-0.2, -0.15) is 0 Å². The Bertz CT molecular complexity index is 1520. The quantitative estimate of drug-likeness (QED) is 0.306. The van der Waals surface area contributed by atoms with Crippen LogP contribution in [-0.4, -0.2) is 55.1 Å². The smallest absolute Gasteiger partial charge is 0.253 e. The third-order valence-electron chi connectivity index (χ3n) is 9.78. The molecule has 2 unspecified atom stereocenters. The summed E-state index contributed by atoms with van der Waals surface area (Å²) >= 11 is 0. The van der Waals surface area contributed by atoms with Gasteiger partial charge >= 0.3 is 0 Å². The summed E-state index contributed by atoms with van der Waals surface area (Å²) in [6.07, 6.45) is 6.82. The van der Waals surface area contributed by atoms with E-state index in [9.17, 15) is 9.59 Å². The Morgan fingerprint density at radius 1 is 1.00 bits per heavy atom. The first kappa shape index (κ1) is 31.0. The first-order chi connectivity index (χ1) is 21.7. The maximum atomic E-state index is 15.1. The number of anilines is 1. The summed E-state index contributed by atoms with van der Waals surface area (Å²) in [5.74, 6) is -0.217. The Labute approximate surface area is 262 Å². The molecule has 3 aliphatic rings. The van der Waals surface area contributed by atoms with Crippen molar-refractivity contribution in [1.82, 2.24) is 20.9 Å². The maximum absolute atomic E-state index is 15.1. The minimum atomic E-state index is -0.856. The van der Waals surface area contributed by atoms with Crippen molar-refractivity contribution in [2.75, 3.05) is 25.1 Å². The third-order valence-corrected chi connectivity index (χ3v) is 9.78. The first-order valence-corrected chi connectivity index (χ1v) is 15.9. The van der Waals surface area contributed by atoms with E-state index in [0.29, 0.717) is 22.4 Å². The lowest BCUT2D eigenvalue weighted by atomic mass is 9.89. The van der Waals surface area contributed by atoms with E-state index in [-0.39, 0.29) is 35.5 Å². The van der Waals surface area contributed by atoms with Crippen LogP contribution in [0.3, 0.4) is 0 Å². The van der Waals surface area contributed by atoms with E-state index in [2.05, 4.69) is 25.8 Å². The maximum Gasteiger partial charge on any atom is 0.253 e. The number of piperidine rings is 2. The van der Waals surface area contributed by atoms with Crippen molar-refractivity contribution >= 4 is 17.6 Å². The predicted molar refractivity (Wildman–Crippen MR) is 169 cm³/mol. The summed E-state index contributed by atoms with van der Waals surface area (Å²) in [5.41, 5.74) is 2.29. The number of fused-ring (bicyclic) bond motifs is 2. The number of ether oxygens (including phenoxy) is 1. The fraction of sp³-hybridized carbons (Fsp3) is 0.457. The van der Waals surface area contributed by atoms with Gasteiger partial charge in [-0.05, 0) is 113 Å². The molecule has 4 heterocycles. The number of hydrogen-bond donors (Lipinski definition) is 3. The van der Waals surface area contributed by atoms with Crippen molar-refractivity contribution in [2.24, 2.45) is 0 Å². The second-order valence-corrected chi connectivity index (χ2v) is 12.6. The Balaban J connectivity index is 1.07. The van der Waals surface area contributed by atoms with Crippen molar-refractivity contribution in [3.63, 3.8) is 0 Å². The van der Waals surface area contributed by atoms with Crippen LogP contribution >= 0.6 is 0 Å². The molecule has 45 heavy (non-hydrogen) atoms. The third kappa shape index (κ3) is 6.38. The number of hydrogen-bond acceptors (Lipinski definition) is 6. The molecule has 2 bridgehead atoms. The number of nitrogens with zero attached hydrogens (tertiary/aromatic N) is 2. The van der Waals surface area contributed by atoms with E-state index < -0.39 is 23.6 Å². The second-order valence-electron chi connectivity index (χ2n) is 12.6. The molecule has 0 saturated carbocycles. The minimum absolute atomic E-state index is 0.0536. The van der Waals surface area contributed by atoms with Crippen LogP contribution in [-0.2, 0) is 0 Å². The highest BCUT2D eigenvalue weighted by Gasteiger charge is 2.42. The van der Waals surface area contributed by atoms with E-state index in [1.807, 2.05) is 31.2 Å². The summed E-state index contributed by atoms with van der Waals surface area (Å²) in [6, 6.07) is 11.5. The molecule has 8 nitrogen and oxygen atoms in total. The highest BCUT2D eigenvalue weighted by molar-refractivity contribution is 5.96. The van der Waals surface area contributed by atoms with Gasteiger partial charge in [-0.15, -0.1) is 0 Å². The second kappa shape index (κ2) is 13.1. The number of benzene rings is 2. The Kier molecular flexibility index (Phi) is 9.03. The molecule has 3 saturated heterocycles. The van der Waals surface area contributed by atoms with Crippen LogP contribution < -0.4 is 25.6 Å². The van der Waals surface area contributed by atoms with Crippen LogP contribution in [0.15, 0.2) is 48.7 Å². The molecule has 0 aliphatic carbocycles. The van der Waals surface area contributed by atoms with Gasteiger partial charge in [0.2, 0.25) is 0 Å². The fourth-order valence-electron chi connectivity index (χ4n) is 7.45. The van der Waals surface area contributed by atoms with Gasteiger partial charge in [0.1, 0.15) is 23.2 Å². The van der Waals surface area contributed by atoms with Crippen LogP contribution in [0.4, 0.5) is 14.6 Å². The van der Waals surface area contributed by atoms with Crippen LogP contribution in [0.25, 0.3) is 0 Å². The van der Waals surface area contributed by atoms with E-state index in [4.69, 9.17) is 4.74 Å². The molecular weight excluding hydrogens is 576 g/mol. The number of nitrogens with one attached hydrogen (secondary N) is 3. The standard InChI is InChI=1S/C35H41F2N5O3/c1-20-28(5-4-6-31(20)45-3)35(44)41-25-17-26-8-9-27(18-25)42(26)32-10-7-23(19-39-32)34(43)40-21(2)33-29(36)15-24(16-30(33)37)22-11-13-38-14-12-22/h4-7,10,15-16,19,21-22,25-27,38H,8-9,11-14,17-18H2,1-3H3,(H,40,43)(H,41,44)/t21?,25?,26-,27+. The van der Waals surface area contributed by atoms with E-state index >= 15 is 8.78 Å². The van der Waals surface area contributed by atoms with Gasteiger partial charge < -0.3 is 25.6 Å². The van der Waals surface area contributed by atoms with Crippen LogP contribution in [0.1, 0.15) is 94.8 Å². The van der Waals surface area contributed by atoms with Crippen LogP contribution in [0, 0.1) is 18.6 Å². The number of amides is 2. The number of methoxy groups -OCH3 is 1. The molecule has 2 amide bonds. The summed E-state index contributed by atoms with van der Waals surface area (Å²) < 4.78 is 35.6. The van der Waals surface area contributed by atoms with Crippen molar-refractivity contribution in [2.45, 2.75) is 82.5 Å². The number of carbonyl (C=O) groups excluding carboxylic acids is 2. The van der Waals surface area contributed by atoms with Crippen molar-refractivity contribution in [1.29, 1.82) is 0 Å². The van der Waals surface area contributed by atoms with E-state index in [0.717, 1.165) is 63.0 Å². The summed E-state index contributed by atoms with van der Waals surface area (Å²) in [5, 5.41) is 9.24. The van der Waals surface area contributed by atoms with Gasteiger partial charge in [-0.1, -0.05) is 6.07 Å². The zero-order chi connectivity index (χ0) is 31.7. The number of aromatic nitrogens is 1. The molecule has 6 rings (SSSR count). The number of rotatable bonds is 8. The molecule has 238 valence electrons. The molecular formula is C35H41F2N5O3. The summed E-state index contributed by atoms with van der Waals surface area (Å²) in [4.78, 5) is 33.1. The van der Waals surface area contributed by atoms with Gasteiger partial charge in [-0.25, -0.2) is 13.8 Å². The number of pyridine rings is 1. The molecule has 1 aromatic heterocycles. The SMILES string of the molecule is COc1cccc(C(=O)NC2C[C@H]3CC[C@@H](C2)N3c2ccc(C(=O)NC(C)c3c(F)cc(C4CCNCC4)cc3F)cn2)c1C. The molecule has 10 heteroatoms. The van der Waals surface area contributed by atoms with Gasteiger partial charge in [0.05, 0.1) is 18.7 Å². The van der Waals surface area contributed by atoms with Crippen LogP contribution in [0.5, 0.6) is 5.75 Å². The summed E-state index contributed by atoms with van der Waals surface area (Å²) in [6.45, 7) is 5.14. The lowest BCUT2D eigenvalue weighted by molar-refractivity contribution is 0.0922. The largest absolute Gasteiger partial charge is 0.496 e. The number of halogens is 2. The molecule has 3 N–H and O–H groups in total. The lowest BCUT2D eigenvalue weighted by Crippen LogP contribution is -2.50. The predicted octanol–water partition coefficient (Wildman–Crippen LogP) is 5.56. The van der Waals surface area contributed by atoms with Gasteiger partial charge in [0.15, 0.2) is 0 Å². The van der Waals surface area contributed by atoms with Crippen molar-refractivity contribution < 1.29 is 23.1 Å².